The molecule has 0 aromatic heterocycles. The number of para-hydroxylation sites is 1. The quantitative estimate of drug-likeness (QED) is 0.833. The van der Waals surface area contributed by atoms with Gasteiger partial charge < -0.3 is 20.1 Å². The van der Waals surface area contributed by atoms with Gasteiger partial charge in [0.15, 0.2) is 0 Å². The number of aliphatic hydroxyl groups excluding tert-OH is 1. The molecule has 2 heterocycles. The van der Waals surface area contributed by atoms with E-state index in [1.165, 1.54) is 0 Å². The molecule has 2 N–H and O–H groups in total. The summed E-state index contributed by atoms with van der Waals surface area (Å²) < 4.78 is 5.39. The normalized spacial score (nSPS) is 25.5. The van der Waals surface area contributed by atoms with Crippen LogP contribution in [0, 0.1) is 11.8 Å². The van der Waals surface area contributed by atoms with Gasteiger partial charge in [0, 0.05) is 44.5 Å². The average molecular weight is 318 g/mol. The van der Waals surface area contributed by atoms with E-state index in [0.717, 1.165) is 38.1 Å². The minimum Gasteiger partial charge on any atom is -0.396 e. The van der Waals surface area contributed by atoms with E-state index in [-0.39, 0.29) is 24.5 Å². The van der Waals surface area contributed by atoms with Crippen LogP contribution in [0.3, 0.4) is 0 Å². The number of nitrogens with zero attached hydrogens (tertiary/aromatic N) is 1. The summed E-state index contributed by atoms with van der Waals surface area (Å²) in [4.78, 5) is 14.8. The zero-order valence-corrected chi connectivity index (χ0v) is 13.5. The van der Waals surface area contributed by atoms with Gasteiger partial charge in [0.25, 0.3) is 0 Å². The number of rotatable bonds is 6. The van der Waals surface area contributed by atoms with E-state index in [9.17, 15) is 9.90 Å². The molecule has 0 saturated carbocycles. The van der Waals surface area contributed by atoms with Crippen molar-refractivity contribution in [2.24, 2.45) is 11.8 Å². The molecule has 0 aliphatic carbocycles. The first-order valence-electron chi connectivity index (χ1n) is 8.57. The number of hydrogen-bond acceptors (Lipinski definition) is 4. The number of carbonyl (C=O) groups excluding carboxylic acids is 1. The molecule has 1 amide bonds. The summed E-state index contributed by atoms with van der Waals surface area (Å²) in [7, 11) is 0. The largest absolute Gasteiger partial charge is 0.396 e. The van der Waals surface area contributed by atoms with Crippen LogP contribution in [-0.4, -0.2) is 50.0 Å². The summed E-state index contributed by atoms with van der Waals surface area (Å²) in [5, 5.41) is 12.6. The number of benzene rings is 1. The van der Waals surface area contributed by atoms with Crippen molar-refractivity contribution >= 4 is 11.6 Å². The van der Waals surface area contributed by atoms with E-state index in [1.807, 2.05) is 18.2 Å². The highest BCUT2D eigenvalue weighted by molar-refractivity contribution is 5.85. The predicted octanol–water partition coefficient (Wildman–Crippen LogP) is 1.42. The second-order valence-electron chi connectivity index (χ2n) is 6.50. The smallest absolute Gasteiger partial charge is 0.242 e. The second-order valence-corrected chi connectivity index (χ2v) is 6.50. The molecule has 1 aromatic rings. The molecule has 2 aliphatic heterocycles. The number of amides is 1. The van der Waals surface area contributed by atoms with Gasteiger partial charge in [0.2, 0.25) is 5.91 Å². The van der Waals surface area contributed by atoms with Crippen LogP contribution < -0.4 is 10.2 Å². The Labute approximate surface area is 137 Å². The number of nitrogens with one attached hydrogen (secondary N) is 1. The van der Waals surface area contributed by atoms with Gasteiger partial charge in [-0.25, -0.2) is 0 Å². The topological polar surface area (TPSA) is 61.8 Å². The summed E-state index contributed by atoms with van der Waals surface area (Å²) in [6, 6.07) is 10.0. The summed E-state index contributed by atoms with van der Waals surface area (Å²) in [6.07, 6.45) is 2.89. The molecule has 2 fully saturated rings. The van der Waals surface area contributed by atoms with Crippen LogP contribution in [0.25, 0.3) is 0 Å². The molecule has 3 unspecified atom stereocenters. The Morgan fingerprint density at radius 3 is 2.87 bits per heavy atom. The molecule has 5 heteroatoms. The van der Waals surface area contributed by atoms with Gasteiger partial charge in [0.1, 0.15) is 6.04 Å². The van der Waals surface area contributed by atoms with Crippen LogP contribution in [0.15, 0.2) is 30.3 Å². The lowest BCUT2D eigenvalue weighted by Gasteiger charge is -2.27. The van der Waals surface area contributed by atoms with Gasteiger partial charge in [-0.1, -0.05) is 18.2 Å². The van der Waals surface area contributed by atoms with Crippen LogP contribution >= 0.6 is 0 Å². The first kappa shape index (κ1) is 16.3. The minimum atomic E-state index is -0.100. The van der Waals surface area contributed by atoms with Gasteiger partial charge in [0.05, 0.1) is 0 Å². The fourth-order valence-corrected chi connectivity index (χ4v) is 3.62. The molecule has 2 saturated heterocycles. The summed E-state index contributed by atoms with van der Waals surface area (Å²) in [5.41, 5.74) is 1.10. The fourth-order valence-electron chi connectivity index (χ4n) is 3.62. The standard InChI is InChI=1S/C18H26N2O3/c21-12-15(14-8-10-23-13-14)11-19-18(22)17-7-4-9-20(17)16-5-2-1-3-6-16/h1-3,5-6,14-15,17,21H,4,7-13H2,(H,19,22). The Morgan fingerprint density at radius 1 is 1.35 bits per heavy atom. The molecular weight excluding hydrogens is 292 g/mol. The van der Waals surface area contributed by atoms with E-state index in [2.05, 4.69) is 22.3 Å². The summed E-state index contributed by atoms with van der Waals surface area (Å²) in [5.74, 6) is 0.519. The molecule has 1 aromatic carbocycles. The number of anilines is 1. The van der Waals surface area contributed by atoms with Crippen LogP contribution in [0.4, 0.5) is 5.69 Å². The van der Waals surface area contributed by atoms with Gasteiger partial charge in [-0.05, 0) is 37.3 Å². The molecule has 0 spiro atoms. The Morgan fingerprint density at radius 2 is 2.17 bits per heavy atom. The van der Waals surface area contributed by atoms with Crippen LogP contribution in [0.5, 0.6) is 0 Å². The molecule has 0 bridgehead atoms. The van der Waals surface area contributed by atoms with Gasteiger partial charge in [-0.2, -0.15) is 0 Å². The molecule has 5 nitrogen and oxygen atoms in total. The number of carbonyl (C=O) groups is 1. The minimum absolute atomic E-state index is 0.0729. The highest BCUT2D eigenvalue weighted by Gasteiger charge is 2.32. The van der Waals surface area contributed by atoms with Crippen molar-refractivity contribution in [1.29, 1.82) is 0 Å². The van der Waals surface area contributed by atoms with E-state index >= 15 is 0 Å². The van der Waals surface area contributed by atoms with Crippen LogP contribution in [-0.2, 0) is 9.53 Å². The van der Waals surface area contributed by atoms with Crippen LogP contribution in [0.1, 0.15) is 19.3 Å². The molecular formula is C18H26N2O3. The second kappa shape index (κ2) is 7.79. The molecule has 2 aliphatic rings. The van der Waals surface area contributed by atoms with Crippen molar-refractivity contribution in [3.05, 3.63) is 30.3 Å². The van der Waals surface area contributed by atoms with Gasteiger partial charge >= 0.3 is 0 Å². The Balaban J connectivity index is 1.56. The van der Waals surface area contributed by atoms with Crippen molar-refractivity contribution in [2.45, 2.75) is 25.3 Å². The fraction of sp³-hybridized carbons (Fsp3) is 0.611. The SMILES string of the molecule is O=C(NCC(CO)C1CCOC1)C1CCCN1c1ccccc1. The zero-order valence-electron chi connectivity index (χ0n) is 13.5. The molecule has 3 atom stereocenters. The highest BCUT2D eigenvalue weighted by atomic mass is 16.5. The maximum Gasteiger partial charge on any atom is 0.242 e. The Kier molecular flexibility index (Phi) is 5.51. The molecule has 126 valence electrons. The van der Waals surface area contributed by atoms with E-state index in [1.54, 1.807) is 0 Å². The van der Waals surface area contributed by atoms with Crippen LogP contribution in [0.2, 0.25) is 0 Å². The first-order valence-corrected chi connectivity index (χ1v) is 8.57. The molecule has 0 radical (unpaired) electrons. The lowest BCUT2D eigenvalue weighted by molar-refractivity contribution is -0.122. The lowest BCUT2D eigenvalue weighted by atomic mass is 9.92. The zero-order chi connectivity index (χ0) is 16.1. The third kappa shape index (κ3) is 3.85. The van der Waals surface area contributed by atoms with Crippen molar-refractivity contribution < 1.29 is 14.6 Å². The van der Waals surface area contributed by atoms with Gasteiger partial charge in [-0.3, -0.25) is 4.79 Å². The van der Waals surface area contributed by atoms with Gasteiger partial charge in [-0.15, -0.1) is 0 Å². The van der Waals surface area contributed by atoms with E-state index < -0.39 is 0 Å². The van der Waals surface area contributed by atoms with E-state index in [4.69, 9.17) is 4.74 Å². The molecule has 3 rings (SSSR count). The number of hydrogen-bond donors (Lipinski definition) is 2. The van der Waals surface area contributed by atoms with Crippen molar-refractivity contribution in [3.8, 4) is 0 Å². The Bertz CT molecular complexity index is 502. The lowest BCUT2D eigenvalue weighted by Crippen LogP contribution is -2.46. The number of aliphatic hydroxyl groups is 1. The van der Waals surface area contributed by atoms with Crippen molar-refractivity contribution in [3.63, 3.8) is 0 Å². The highest BCUT2D eigenvalue weighted by Crippen LogP contribution is 2.26. The number of ether oxygens (including phenoxy) is 1. The maximum atomic E-state index is 12.6. The summed E-state index contributed by atoms with van der Waals surface area (Å²) >= 11 is 0. The monoisotopic (exact) mass is 318 g/mol. The third-order valence-electron chi connectivity index (χ3n) is 5.05. The maximum absolute atomic E-state index is 12.6. The Hall–Kier alpha value is -1.59. The van der Waals surface area contributed by atoms with Crippen molar-refractivity contribution in [1.82, 2.24) is 5.32 Å². The van der Waals surface area contributed by atoms with Crippen molar-refractivity contribution in [2.75, 3.05) is 37.8 Å². The van der Waals surface area contributed by atoms with E-state index in [0.29, 0.717) is 19.1 Å². The predicted molar refractivity (Wildman–Crippen MR) is 89.3 cm³/mol. The summed E-state index contributed by atoms with van der Waals surface area (Å²) in [6.45, 7) is 3.01. The average Bonchev–Trinajstić information content (AvgIpc) is 3.28. The third-order valence-corrected chi connectivity index (χ3v) is 5.05. The first-order chi connectivity index (χ1) is 11.3. The molecule has 23 heavy (non-hydrogen) atoms.